The lowest BCUT2D eigenvalue weighted by Crippen LogP contribution is -2.43. The molecule has 4 aliphatic heterocycles. The van der Waals surface area contributed by atoms with Crippen LogP contribution in [0, 0.1) is 0 Å². The fourth-order valence-electron chi connectivity index (χ4n) is 5.42. The number of hydrogen-bond donors (Lipinski definition) is 4. The first kappa shape index (κ1) is 24.6. The molecule has 1 amide bonds. The van der Waals surface area contributed by atoms with Crippen LogP contribution in [0.1, 0.15) is 34.5 Å². The summed E-state index contributed by atoms with van der Waals surface area (Å²) >= 11 is 0. The second-order valence-corrected chi connectivity index (χ2v) is 10.1. The molecule has 0 bridgehead atoms. The summed E-state index contributed by atoms with van der Waals surface area (Å²) < 4.78 is 5.50. The summed E-state index contributed by atoms with van der Waals surface area (Å²) in [4.78, 5) is 26.4. The normalized spacial score (nSPS) is 23.4. The van der Waals surface area contributed by atoms with E-state index in [-0.39, 0.29) is 18.1 Å². The number of carbonyl (C=O) groups excluding carboxylic acids is 1. The first-order chi connectivity index (χ1) is 18.6. The van der Waals surface area contributed by atoms with Gasteiger partial charge in [0.25, 0.3) is 5.91 Å². The molecule has 10 heteroatoms. The summed E-state index contributed by atoms with van der Waals surface area (Å²) in [6.07, 6.45) is 7.68. The Kier molecular flexibility index (Phi) is 7.08. The van der Waals surface area contributed by atoms with Gasteiger partial charge in [-0.1, -0.05) is 12.1 Å². The van der Waals surface area contributed by atoms with Crippen molar-refractivity contribution in [3.63, 3.8) is 0 Å². The zero-order valence-electron chi connectivity index (χ0n) is 21.4. The van der Waals surface area contributed by atoms with E-state index >= 15 is 0 Å². The van der Waals surface area contributed by atoms with Gasteiger partial charge in [-0.05, 0) is 60.9 Å². The molecular formula is C28H34N8O2. The quantitative estimate of drug-likeness (QED) is 0.460. The highest BCUT2D eigenvalue weighted by Gasteiger charge is 2.29. The van der Waals surface area contributed by atoms with Gasteiger partial charge in [0.1, 0.15) is 17.7 Å². The fourth-order valence-corrected chi connectivity index (χ4v) is 5.42. The molecule has 2 aromatic rings. The van der Waals surface area contributed by atoms with E-state index in [1.54, 1.807) is 12.5 Å². The Hall–Kier alpha value is -3.73. The van der Waals surface area contributed by atoms with E-state index in [0.717, 1.165) is 92.7 Å². The first-order valence-electron chi connectivity index (χ1n) is 13.3. The number of rotatable bonds is 6. The number of hydrogen-bond acceptors (Lipinski definition) is 9. The number of piperidine rings is 1. The lowest BCUT2D eigenvalue weighted by Gasteiger charge is -2.33. The van der Waals surface area contributed by atoms with Crippen LogP contribution in [0.25, 0.3) is 5.70 Å². The maximum absolute atomic E-state index is 12.9. The number of morpholine rings is 1. The number of aromatic nitrogens is 1. The van der Waals surface area contributed by atoms with Gasteiger partial charge < -0.3 is 31.3 Å². The van der Waals surface area contributed by atoms with Crippen molar-refractivity contribution in [2.24, 2.45) is 10.7 Å². The van der Waals surface area contributed by atoms with Crippen LogP contribution in [0.5, 0.6) is 0 Å². The average molecular weight is 515 g/mol. The number of nitrogens with two attached hydrogens (primary N) is 1. The first-order valence-corrected chi connectivity index (χ1v) is 13.3. The molecule has 4 aliphatic rings. The summed E-state index contributed by atoms with van der Waals surface area (Å²) in [5.74, 6) is 0.859. The number of nitrogens with one attached hydrogen (secondary N) is 3. The van der Waals surface area contributed by atoms with Gasteiger partial charge in [-0.3, -0.25) is 14.7 Å². The van der Waals surface area contributed by atoms with Gasteiger partial charge in [-0.2, -0.15) is 0 Å². The Morgan fingerprint density at radius 3 is 2.82 bits per heavy atom. The maximum Gasteiger partial charge on any atom is 0.274 e. The fraction of sp³-hybridized carbons (Fsp3) is 0.393. The highest BCUT2D eigenvalue weighted by Crippen LogP contribution is 2.29. The van der Waals surface area contributed by atoms with Crippen molar-refractivity contribution in [3.8, 4) is 0 Å². The molecule has 0 aliphatic carbocycles. The van der Waals surface area contributed by atoms with Crippen molar-refractivity contribution in [2.75, 3.05) is 44.7 Å². The van der Waals surface area contributed by atoms with Gasteiger partial charge in [-0.15, -0.1) is 0 Å². The molecule has 0 spiro atoms. The van der Waals surface area contributed by atoms with Gasteiger partial charge in [0.05, 0.1) is 19.6 Å². The zero-order chi connectivity index (χ0) is 25.9. The number of fused-ring (bicyclic) bond motifs is 1. The molecule has 1 aromatic heterocycles. The van der Waals surface area contributed by atoms with Crippen molar-refractivity contribution in [2.45, 2.75) is 31.6 Å². The zero-order valence-corrected chi connectivity index (χ0v) is 21.4. The molecule has 10 nitrogen and oxygen atoms in total. The molecule has 0 radical (unpaired) electrons. The number of pyridine rings is 1. The third-order valence-corrected chi connectivity index (χ3v) is 7.37. The minimum atomic E-state index is -0.222. The number of aliphatic imine (C=N–C) groups is 1. The highest BCUT2D eigenvalue weighted by atomic mass is 16.5. The van der Waals surface area contributed by atoms with E-state index in [4.69, 9.17) is 10.5 Å². The predicted molar refractivity (Wildman–Crippen MR) is 147 cm³/mol. The molecule has 38 heavy (non-hydrogen) atoms. The monoisotopic (exact) mass is 514 g/mol. The van der Waals surface area contributed by atoms with Crippen molar-refractivity contribution < 1.29 is 9.53 Å². The molecule has 0 saturated carbocycles. The van der Waals surface area contributed by atoms with E-state index in [2.05, 4.69) is 41.8 Å². The lowest BCUT2D eigenvalue weighted by atomic mass is 10.1. The van der Waals surface area contributed by atoms with Gasteiger partial charge in [-0.25, -0.2) is 4.99 Å². The third-order valence-electron chi connectivity index (χ3n) is 7.37. The smallest absolute Gasteiger partial charge is 0.274 e. The number of carbonyl (C=O) groups is 1. The van der Waals surface area contributed by atoms with Gasteiger partial charge >= 0.3 is 0 Å². The second-order valence-electron chi connectivity index (χ2n) is 10.1. The molecule has 5 heterocycles. The molecule has 2 saturated heterocycles. The van der Waals surface area contributed by atoms with Gasteiger partial charge in [0.15, 0.2) is 0 Å². The second kappa shape index (κ2) is 10.9. The Balaban J connectivity index is 1.11. The predicted octanol–water partition coefficient (Wildman–Crippen LogP) is 1.70. The number of ether oxygens (including phenoxy) is 1. The summed E-state index contributed by atoms with van der Waals surface area (Å²) in [7, 11) is 0. The Labute approximate surface area is 222 Å². The maximum atomic E-state index is 12.9. The van der Waals surface area contributed by atoms with Crippen LogP contribution in [0.2, 0.25) is 0 Å². The van der Waals surface area contributed by atoms with E-state index in [0.29, 0.717) is 5.69 Å². The largest absolute Gasteiger partial charge is 0.378 e. The van der Waals surface area contributed by atoms with Crippen LogP contribution >= 0.6 is 0 Å². The molecule has 2 fully saturated rings. The van der Waals surface area contributed by atoms with E-state index in [9.17, 15) is 4.79 Å². The molecule has 2 atom stereocenters. The van der Waals surface area contributed by atoms with E-state index in [1.807, 2.05) is 36.4 Å². The standard InChI is InChI=1S/C28H34N8O2/c29-21-2-1-9-35(17-21)16-19-7-8-30-25(14-19)28(37)33-22-5-3-20(4-6-22)24-15-23-26(34-24)31-18-32-27(23)36-10-12-38-13-11-36/h3-8,14-15,18,21,26,34H,1-2,9-13,16-17,29H2,(H,31,32)(H,33,37). The van der Waals surface area contributed by atoms with Gasteiger partial charge in [0.2, 0.25) is 0 Å². The van der Waals surface area contributed by atoms with Crippen molar-refractivity contribution >= 4 is 23.6 Å². The van der Waals surface area contributed by atoms with E-state index < -0.39 is 0 Å². The average Bonchev–Trinajstić information content (AvgIpc) is 3.39. The van der Waals surface area contributed by atoms with Crippen LogP contribution in [0.4, 0.5) is 5.69 Å². The SMILES string of the molecule is NC1CCCN(Cc2ccnc(C(=O)Nc3ccc(C4=CC5=C(N6CCOCC6)NC=NC5N4)cc3)c2)C1. The lowest BCUT2D eigenvalue weighted by molar-refractivity contribution is 0.0510. The topological polar surface area (TPSA) is 120 Å². The van der Waals surface area contributed by atoms with Crippen LogP contribution in [-0.4, -0.2) is 78.6 Å². The van der Waals surface area contributed by atoms with Crippen LogP contribution in [-0.2, 0) is 11.3 Å². The third kappa shape index (κ3) is 5.42. The van der Waals surface area contributed by atoms with Crippen LogP contribution < -0.4 is 21.7 Å². The Bertz CT molecular complexity index is 1270. The number of anilines is 1. The number of likely N-dealkylation sites (tertiary alicyclic amines) is 1. The summed E-state index contributed by atoms with van der Waals surface area (Å²) in [6.45, 7) is 5.86. The minimum absolute atomic E-state index is 0.109. The van der Waals surface area contributed by atoms with Crippen molar-refractivity contribution in [1.29, 1.82) is 0 Å². The summed E-state index contributed by atoms with van der Waals surface area (Å²) in [6, 6.07) is 11.9. The Morgan fingerprint density at radius 2 is 2.00 bits per heavy atom. The van der Waals surface area contributed by atoms with Crippen molar-refractivity contribution in [1.82, 2.24) is 25.4 Å². The minimum Gasteiger partial charge on any atom is -0.378 e. The van der Waals surface area contributed by atoms with Crippen molar-refractivity contribution in [3.05, 3.63) is 76.9 Å². The van der Waals surface area contributed by atoms with Gasteiger partial charge in [0, 0.05) is 55.4 Å². The number of benzene rings is 1. The van der Waals surface area contributed by atoms with E-state index in [1.165, 1.54) is 0 Å². The summed E-state index contributed by atoms with van der Waals surface area (Å²) in [5.41, 5.74) is 11.5. The molecule has 2 unspecified atom stereocenters. The summed E-state index contributed by atoms with van der Waals surface area (Å²) in [5, 5.41) is 9.80. The van der Waals surface area contributed by atoms with Crippen LogP contribution in [0.15, 0.2) is 65.1 Å². The highest BCUT2D eigenvalue weighted by molar-refractivity contribution is 6.03. The molecular weight excluding hydrogens is 480 g/mol. The number of nitrogens with zero attached hydrogens (tertiary/aromatic N) is 4. The Morgan fingerprint density at radius 1 is 1.16 bits per heavy atom. The number of amides is 1. The molecule has 5 N–H and O–H groups in total. The molecule has 1 aromatic carbocycles. The van der Waals surface area contributed by atoms with Crippen LogP contribution in [0.3, 0.4) is 0 Å². The molecule has 6 rings (SSSR count). The molecule has 198 valence electrons.